The fourth-order valence-electron chi connectivity index (χ4n) is 1.31. The first kappa shape index (κ1) is 13.1. The lowest BCUT2D eigenvalue weighted by Crippen LogP contribution is -1.85. The predicted molar refractivity (Wildman–Crippen MR) is 75.1 cm³/mol. The molecule has 0 amide bonds. The van der Waals surface area contributed by atoms with Crippen LogP contribution in [0.25, 0.3) is 0 Å². The van der Waals surface area contributed by atoms with Gasteiger partial charge in [-0.25, -0.2) is 0 Å². The monoisotopic (exact) mass is 232 g/mol. The quantitative estimate of drug-likeness (QED) is 0.508. The fourth-order valence-corrected chi connectivity index (χ4v) is 2.29. The molecule has 86 valence electrons. The van der Waals surface area contributed by atoms with Crippen molar-refractivity contribution in [2.75, 3.05) is 5.75 Å². The Balaban J connectivity index is 2.52. The van der Waals surface area contributed by atoms with E-state index in [-0.39, 0.29) is 0 Å². The molecule has 0 saturated carbocycles. The summed E-state index contributed by atoms with van der Waals surface area (Å²) in [5.41, 5.74) is 2.81. The summed E-state index contributed by atoms with van der Waals surface area (Å²) in [5, 5.41) is 0. The molecule has 0 aliphatic rings. The van der Waals surface area contributed by atoms with Crippen LogP contribution in [0.2, 0.25) is 0 Å². The Morgan fingerprint density at radius 3 is 2.50 bits per heavy atom. The molecule has 0 atom stereocenters. The van der Waals surface area contributed by atoms with E-state index >= 15 is 0 Å². The Labute approximate surface area is 103 Å². The molecule has 0 fully saturated rings. The number of thioether (sulfide) groups is 1. The number of hydrogen-bond acceptors (Lipinski definition) is 1. The van der Waals surface area contributed by atoms with Crippen LogP contribution in [0, 0.1) is 6.92 Å². The van der Waals surface area contributed by atoms with Crippen LogP contribution in [0.1, 0.15) is 25.8 Å². The van der Waals surface area contributed by atoms with Crippen LogP contribution < -0.4 is 0 Å². The third kappa shape index (κ3) is 4.71. The first-order valence-corrected chi connectivity index (χ1v) is 6.75. The molecule has 0 radical (unpaired) electrons. The standard InChI is InChI=1S/C15H20S/c1-4-6-7-14(5-2)12-16-15-10-8-13(3)9-11-15/h4,6-11H,5,12H2,1-3H3/b6-4-,14-7+. The predicted octanol–water partition coefficient (Wildman–Crippen LogP) is 5.00. The molecule has 0 saturated heterocycles. The largest absolute Gasteiger partial charge is 0.122 e. The van der Waals surface area contributed by atoms with Crippen molar-refractivity contribution in [3.63, 3.8) is 0 Å². The minimum atomic E-state index is 1.09. The van der Waals surface area contributed by atoms with Gasteiger partial charge in [-0.05, 0) is 32.4 Å². The van der Waals surface area contributed by atoms with Gasteiger partial charge in [0.1, 0.15) is 0 Å². The zero-order valence-electron chi connectivity index (χ0n) is 10.4. The Bertz CT molecular complexity index is 358. The summed E-state index contributed by atoms with van der Waals surface area (Å²) >= 11 is 1.91. The molecule has 0 N–H and O–H groups in total. The van der Waals surface area contributed by atoms with Crippen molar-refractivity contribution in [2.45, 2.75) is 32.1 Å². The molecule has 0 aliphatic heterocycles. The minimum Gasteiger partial charge on any atom is -0.122 e. The molecule has 1 rings (SSSR count). The second-order valence-corrected chi connectivity index (χ2v) is 4.85. The van der Waals surface area contributed by atoms with E-state index in [0.29, 0.717) is 0 Å². The molecular weight excluding hydrogens is 212 g/mol. The fraction of sp³-hybridized carbons (Fsp3) is 0.333. The lowest BCUT2D eigenvalue weighted by atomic mass is 10.2. The van der Waals surface area contributed by atoms with Crippen molar-refractivity contribution in [1.29, 1.82) is 0 Å². The van der Waals surface area contributed by atoms with E-state index in [0.717, 1.165) is 12.2 Å². The van der Waals surface area contributed by atoms with Gasteiger partial charge in [0.15, 0.2) is 0 Å². The maximum absolute atomic E-state index is 2.22. The number of allylic oxidation sites excluding steroid dienone is 3. The zero-order chi connectivity index (χ0) is 11.8. The highest BCUT2D eigenvalue weighted by Crippen LogP contribution is 2.22. The van der Waals surface area contributed by atoms with E-state index in [1.54, 1.807) is 0 Å². The van der Waals surface area contributed by atoms with Gasteiger partial charge in [-0.2, -0.15) is 0 Å². The highest BCUT2D eigenvalue weighted by atomic mass is 32.2. The van der Waals surface area contributed by atoms with Gasteiger partial charge in [-0.3, -0.25) is 0 Å². The van der Waals surface area contributed by atoms with E-state index < -0.39 is 0 Å². The van der Waals surface area contributed by atoms with Crippen molar-refractivity contribution in [2.24, 2.45) is 0 Å². The maximum Gasteiger partial charge on any atom is 0.0193 e. The van der Waals surface area contributed by atoms with Crippen LogP contribution >= 0.6 is 11.8 Å². The van der Waals surface area contributed by atoms with Gasteiger partial charge in [-0.1, -0.05) is 48.4 Å². The molecule has 1 aromatic carbocycles. The van der Waals surface area contributed by atoms with Crippen molar-refractivity contribution < 1.29 is 0 Å². The van der Waals surface area contributed by atoms with Gasteiger partial charge >= 0.3 is 0 Å². The summed E-state index contributed by atoms with van der Waals surface area (Å²) in [5.74, 6) is 1.09. The molecule has 0 aliphatic carbocycles. The summed E-state index contributed by atoms with van der Waals surface area (Å²) in [6.07, 6.45) is 7.55. The summed E-state index contributed by atoms with van der Waals surface area (Å²) in [4.78, 5) is 1.35. The number of aryl methyl sites for hydroxylation is 1. The molecule has 0 aromatic heterocycles. The molecule has 0 unspecified atom stereocenters. The van der Waals surface area contributed by atoms with E-state index in [1.807, 2.05) is 11.8 Å². The minimum absolute atomic E-state index is 1.09. The maximum atomic E-state index is 2.22. The third-order valence-corrected chi connectivity index (χ3v) is 3.54. The molecule has 0 spiro atoms. The van der Waals surface area contributed by atoms with Crippen molar-refractivity contribution in [3.8, 4) is 0 Å². The van der Waals surface area contributed by atoms with Gasteiger partial charge in [0.25, 0.3) is 0 Å². The summed E-state index contributed by atoms with van der Waals surface area (Å²) in [6.45, 7) is 6.39. The van der Waals surface area contributed by atoms with E-state index in [2.05, 4.69) is 63.3 Å². The van der Waals surface area contributed by atoms with Gasteiger partial charge in [0.05, 0.1) is 0 Å². The second kappa shape index (κ2) is 7.34. The van der Waals surface area contributed by atoms with E-state index in [4.69, 9.17) is 0 Å². The van der Waals surface area contributed by atoms with Gasteiger partial charge in [0, 0.05) is 10.6 Å². The van der Waals surface area contributed by atoms with E-state index in [1.165, 1.54) is 16.0 Å². The highest BCUT2D eigenvalue weighted by molar-refractivity contribution is 7.99. The normalized spacial score (nSPS) is 12.3. The van der Waals surface area contributed by atoms with Crippen LogP contribution in [0.15, 0.2) is 53.0 Å². The first-order chi connectivity index (χ1) is 7.76. The molecule has 0 nitrogen and oxygen atoms in total. The number of benzene rings is 1. The SMILES string of the molecule is C/C=C\C=C(/CC)CSc1ccc(C)cc1. The molecule has 0 heterocycles. The Hall–Kier alpha value is -0.950. The van der Waals surface area contributed by atoms with Crippen LogP contribution in [-0.4, -0.2) is 5.75 Å². The third-order valence-electron chi connectivity index (χ3n) is 2.42. The molecule has 1 aromatic rings. The van der Waals surface area contributed by atoms with Crippen LogP contribution in [0.4, 0.5) is 0 Å². The highest BCUT2D eigenvalue weighted by Gasteiger charge is 1.96. The number of hydrogen-bond donors (Lipinski definition) is 0. The lowest BCUT2D eigenvalue weighted by molar-refractivity contribution is 1.11. The van der Waals surface area contributed by atoms with Gasteiger partial charge in [-0.15, -0.1) is 11.8 Å². The molecular formula is C15H20S. The average molecular weight is 232 g/mol. The van der Waals surface area contributed by atoms with Crippen LogP contribution in [0.5, 0.6) is 0 Å². The van der Waals surface area contributed by atoms with Crippen LogP contribution in [-0.2, 0) is 0 Å². The second-order valence-electron chi connectivity index (χ2n) is 3.81. The van der Waals surface area contributed by atoms with Crippen molar-refractivity contribution >= 4 is 11.8 Å². The topological polar surface area (TPSA) is 0 Å². The number of rotatable bonds is 5. The van der Waals surface area contributed by atoms with E-state index in [9.17, 15) is 0 Å². The molecule has 1 heteroatoms. The summed E-state index contributed by atoms with van der Waals surface area (Å²) in [7, 11) is 0. The Morgan fingerprint density at radius 2 is 1.94 bits per heavy atom. The Kier molecular flexibility index (Phi) is 6.02. The van der Waals surface area contributed by atoms with Gasteiger partial charge in [0.2, 0.25) is 0 Å². The van der Waals surface area contributed by atoms with Crippen molar-refractivity contribution in [1.82, 2.24) is 0 Å². The lowest BCUT2D eigenvalue weighted by Gasteiger charge is -2.04. The summed E-state index contributed by atoms with van der Waals surface area (Å²) < 4.78 is 0. The van der Waals surface area contributed by atoms with Crippen molar-refractivity contribution in [3.05, 3.63) is 53.6 Å². The Morgan fingerprint density at radius 1 is 1.25 bits per heavy atom. The summed E-state index contributed by atoms with van der Waals surface area (Å²) in [6, 6.07) is 8.74. The zero-order valence-corrected chi connectivity index (χ0v) is 11.2. The van der Waals surface area contributed by atoms with Crippen LogP contribution in [0.3, 0.4) is 0 Å². The average Bonchev–Trinajstić information content (AvgIpc) is 2.32. The first-order valence-electron chi connectivity index (χ1n) is 5.76. The van der Waals surface area contributed by atoms with Gasteiger partial charge < -0.3 is 0 Å². The molecule has 0 bridgehead atoms. The smallest absolute Gasteiger partial charge is 0.0193 e. The molecule has 16 heavy (non-hydrogen) atoms.